The van der Waals surface area contributed by atoms with Crippen LogP contribution in [0.2, 0.25) is 0 Å². The Morgan fingerprint density at radius 3 is 1.42 bits per heavy atom. The molecule has 2 aliphatic carbocycles. The van der Waals surface area contributed by atoms with Gasteiger partial charge in [-0.25, -0.2) is 9.98 Å². The number of nitrogens with zero attached hydrogens (tertiary/aromatic N) is 2. The van der Waals surface area contributed by atoms with Gasteiger partial charge in [0.15, 0.2) is 0 Å². The van der Waals surface area contributed by atoms with Crippen molar-refractivity contribution >= 4 is 16.8 Å². The lowest BCUT2D eigenvalue weighted by molar-refractivity contribution is 0.438. The van der Waals surface area contributed by atoms with Crippen molar-refractivity contribution in [1.29, 1.82) is 0 Å². The van der Waals surface area contributed by atoms with Gasteiger partial charge < -0.3 is 0 Å². The molecule has 2 fully saturated rings. The van der Waals surface area contributed by atoms with Gasteiger partial charge in [-0.3, -0.25) is 4.21 Å². The molecule has 19 heavy (non-hydrogen) atoms. The van der Waals surface area contributed by atoms with E-state index in [1.807, 2.05) is 0 Å². The fraction of sp³-hybridized carbons (Fsp3) is 0.933. The van der Waals surface area contributed by atoms with Crippen LogP contribution in [0.1, 0.15) is 64.2 Å². The second kappa shape index (κ2) is 10.3. The Hall–Kier alpha value is -0.470. The van der Waals surface area contributed by atoms with E-state index >= 15 is 0 Å². The zero-order valence-electron chi connectivity index (χ0n) is 12.4. The van der Waals surface area contributed by atoms with E-state index in [0.29, 0.717) is 12.1 Å². The summed E-state index contributed by atoms with van der Waals surface area (Å²) < 4.78 is 9.56. The normalized spacial score (nSPS) is 21.2. The van der Waals surface area contributed by atoms with Crippen LogP contribution in [-0.2, 0) is 10.8 Å². The predicted molar refractivity (Wildman–Crippen MR) is 83.6 cm³/mol. The molecule has 0 amide bonds. The van der Waals surface area contributed by atoms with Gasteiger partial charge in [0.1, 0.15) is 0 Å². The van der Waals surface area contributed by atoms with Crippen LogP contribution in [0.4, 0.5) is 0 Å². The monoisotopic (exact) mass is 284 g/mol. The number of rotatable bonds is 2. The van der Waals surface area contributed by atoms with Gasteiger partial charge in [0.05, 0.1) is 18.1 Å². The maximum Gasteiger partial charge on any atom is 0.0898 e. The van der Waals surface area contributed by atoms with Crippen molar-refractivity contribution in [2.75, 3.05) is 12.5 Å². The summed E-state index contributed by atoms with van der Waals surface area (Å²) in [6, 6.07) is 4.04. The minimum absolute atomic E-state index is 0.533. The number of hydrogen-bond donors (Lipinski definition) is 0. The van der Waals surface area contributed by atoms with E-state index in [1.54, 1.807) is 12.5 Å². The Morgan fingerprint density at radius 2 is 1.11 bits per heavy atom. The van der Waals surface area contributed by atoms with E-state index in [4.69, 9.17) is 0 Å². The highest BCUT2D eigenvalue weighted by atomic mass is 32.2. The Morgan fingerprint density at radius 1 is 0.789 bits per heavy atom. The molecule has 0 atom stereocenters. The lowest BCUT2D eigenvalue weighted by Crippen LogP contribution is -2.10. The van der Waals surface area contributed by atoms with Crippen LogP contribution in [0.15, 0.2) is 9.98 Å². The van der Waals surface area contributed by atoms with Crippen molar-refractivity contribution in [2.24, 2.45) is 9.98 Å². The van der Waals surface area contributed by atoms with Gasteiger partial charge >= 0.3 is 0 Å². The third kappa shape index (κ3) is 9.12. The van der Waals surface area contributed by atoms with E-state index < -0.39 is 10.8 Å². The van der Waals surface area contributed by atoms with Crippen LogP contribution < -0.4 is 0 Å². The van der Waals surface area contributed by atoms with Crippen molar-refractivity contribution < 1.29 is 4.21 Å². The van der Waals surface area contributed by atoms with Crippen LogP contribution in [0.25, 0.3) is 0 Å². The average molecular weight is 284 g/mol. The highest BCUT2D eigenvalue weighted by Crippen LogP contribution is 2.21. The molecule has 0 saturated heterocycles. The molecule has 2 rings (SSSR count). The minimum atomic E-state index is -0.611. The molecular weight excluding hydrogens is 256 g/mol. The maximum absolute atomic E-state index is 9.56. The molecule has 0 aliphatic heterocycles. The first kappa shape index (κ1) is 16.6. The van der Waals surface area contributed by atoms with Crippen LogP contribution in [-0.4, -0.2) is 34.8 Å². The summed E-state index contributed by atoms with van der Waals surface area (Å²) in [5, 5.41) is 0. The SMILES string of the molecule is C(=NC1CCCCC1)=NC1CCCCC1.CS(C)=O. The first-order valence-corrected chi connectivity index (χ1v) is 9.55. The minimum Gasteiger partial charge on any atom is -0.260 e. The van der Waals surface area contributed by atoms with Gasteiger partial charge in [0.25, 0.3) is 0 Å². The molecular formula is C15H28N2OS. The maximum atomic E-state index is 9.56. The molecule has 0 aromatic rings. The summed E-state index contributed by atoms with van der Waals surface area (Å²) in [4.78, 5) is 8.92. The van der Waals surface area contributed by atoms with E-state index in [0.717, 1.165) is 0 Å². The Balaban J connectivity index is 0.000000399. The summed E-state index contributed by atoms with van der Waals surface area (Å²) >= 11 is 0. The smallest absolute Gasteiger partial charge is 0.0898 e. The molecule has 0 radical (unpaired) electrons. The average Bonchev–Trinajstić information content (AvgIpc) is 2.41. The van der Waals surface area contributed by atoms with Crippen LogP contribution in [0.5, 0.6) is 0 Å². The summed E-state index contributed by atoms with van der Waals surface area (Å²) in [6.45, 7) is 0. The molecule has 110 valence electrons. The molecule has 0 heterocycles. The first-order valence-electron chi connectivity index (χ1n) is 7.58. The standard InChI is InChI=1S/C13H22N2.C2H6OS/c1-3-7-12(8-4-1)14-11-15-13-9-5-2-6-10-13;1-4(2)3/h12-13H,1-10H2;1-2H3. The molecule has 3 nitrogen and oxygen atoms in total. The summed E-state index contributed by atoms with van der Waals surface area (Å²) in [5.74, 6) is 0. The highest BCUT2D eigenvalue weighted by molar-refractivity contribution is 7.83. The van der Waals surface area contributed by atoms with Gasteiger partial charge in [-0.15, -0.1) is 0 Å². The lowest BCUT2D eigenvalue weighted by Gasteiger charge is -2.17. The number of hydrogen-bond acceptors (Lipinski definition) is 3. The van der Waals surface area contributed by atoms with Gasteiger partial charge in [0, 0.05) is 23.3 Å². The molecule has 0 aromatic heterocycles. The van der Waals surface area contributed by atoms with Gasteiger partial charge in [-0.05, 0) is 25.7 Å². The third-order valence-corrected chi connectivity index (χ3v) is 3.63. The van der Waals surface area contributed by atoms with E-state index in [2.05, 4.69) is 16.0 Å². The Labute approximate surface area is 120 Å². The van der Waals surface area contributed by atoms with Gasteiger partial charge in [-0.1, -0.05) is 38.5 Å². The summed E-state index contributed by atoms with van der Waals surface area (Å²) in [5.41, 5.74) is 0. The topological polar surface area (TPSA) is 41.8 Å². The Bertz CT molecular complexity index is 286. The lowest BCUT2D eigenvalue weighted by atomic mass is 9.96. The third-order valence-electron chi connectivity index (χ3n) is 3.63. The number of aliphatic imine (C=N–C) groups is 2. The van der Waals surface area contributed by atoms with Crippen LogP contribution in [0.3, 0.4) is 0 Å². The fourth-order valence-electron chi connectivity index (χ4n) is 2.62. The fourth-order valence-corrected chi connectivity index (χ4v) is 2.62. The van der Waals surface area contributed by atoms with Crippen molar-refractivity contribution in [3.8, 4) is 0 Å². The second-order valence-electron chi connectivity index (χ2n) is 5.68. The molecule has 0 unspecified atom stereocenters. The van der Waals surface area contributed by atoms with Crippen molar-refractivity contribution in [1.82, 2.24) is 0 Å². The quantitative estimate of drug-likeness (QED) is 0.711. The van der Waals surface area contributed by atoms with Crippen LogP contribution >= 0.6 is 0 Å². The highest BCUT2D eigenvalue weighted by Gasteiger charge is 2.12. The van der Waals surface area contributed by atoms with E-state index in [-0.39, 0.29) is 0 Å². The summed E-state index contributed by atoms with van der Waals surface area (Å²) in [7, 11) is -0.611. The molecule has 0 bridgehead atoms. The van der Waals surface area contributed by atoms with Gasteiger partial charge in [-0.2, -0.15) is 0 Å². The first-order chi connectivity index (χ1) is 9.18. The van der Waals surface area contributed by atoms with Crippen molar-refractivity contribution in [3.63, 3.8) is 0 Å². The largest absolute Gasteiger partial charge is 0.260 e. The predicted octanol–water partition coefficient (Wildman–Crippen LogP) is 3.82. The van der Waals surface area contributed by atoms with E-state index in [1.165, 1.54) is 64.2 Å². The summed E-state index contributed by atoms with van der Waals surface area (Å²) in [6.07, 6.45) is 16.5. The van der Waals surface area contributed by atoms with Gasteiger partial charge in [0.2, 0.25) is 0 Å². The second-order valence-corrected chi connectivity index (χ2v) is 7.17. The van der Waals surface area contributed by atoms with Crippen LogP contribution in [0, 0.1) is 0 Å². The Kier molecular flexibility index (Phi) is 9.02. The molecule has 4 heteroatoms. The molecule has 0 N–H and O–H groups in total. The molecule has 0 spiro atoms. The van der Waals surface area contributed by atoms with E-state index in [9.17, 15) is 4.21 Å². The molecule has 0 aromatic carbocycles. The molecule has 2 saturated carbocycles. The van der Waals surface area contributed by atoms with Crippen molar-refractivity contribution in [2.45, 2.75) is 76.3 Å². The zero-order chi connectivity index (χ0) is 13.9. The molecule has 2 aliphatic rings. The van der Waals surface area contributed by atoms with Crippen molar-refractivity contribution in [3.05, 3.63) is 0 Å². The zero-order valence-corrected chi connectivity index (χ0v) is 13.3.